The monoisotopic (exact) mass is 434 g/mol. The molecule has 4 aromatic rings. The summed E-state index contributed by atoms with van der Waals surface area (Å²) in [6, 6.07) is 13.8. The average molecular weight is 434 g/mol. The van der Waals surface area contributed by atoms with Gasteiger partial charge in [-0.1, -0.05) is 17.3 Å². The molecule has 9 heteroatoms. The summed E-state index contributed by atoms with van der Waals surface area (Å²) >= 11 is 0. The average Bonchev–Trinajstić information content (AvgIpc) is 3.27. The van der Waals surface area contributed by atoms with E-state index in [9.17, 15) is 4.39 Å². The van der Waals surface area contributed by atoms with Gasteiger partial charge in [0.05, 0.1) is 18.7 Å². The van der Waals surface area contributed by atoms with E-state index >= 15 is 0 Å². The molecule has 1 unspecified atom stereocenters. The number of morpholine rings is 1. The summed E-state index contributed by atoms with van der Waals surface area (Å²) in [5.74, 6) is 2.00. The zero-order chi connectivity index (χ0) is 22.1. The van der Waals surface area contributed by atoms with E-state index < -0.39 is 0 Å². The van der Waals surface area contributed by atoms with Gasteiger partial charge in [0.25, 0.3) is 0 Å². The number of benzene rings is 2. The first-order chi connectivity index (χ1) is 15.6. The van der Waals surface area contributed by atoms with Crippen molar-refractivity contribution in [3.8, 4) is 0 Å². The van der Waals surface area contributed by atoms with Gasteiger partial charge in [-0.25, -0.2) is 9.37 Å². The van der Waals surface area contributed by atoms with Crippen LogP contribution in [0.4, 0.5) is 21.8 Å². The van der Waals surface area contributed by atoms with Crippen molar-refractivity contribution in [3.63, 3.8) is 0 Å². The molecule has 1 saturated heterocycles. The van der Waals surface area contributed by atoms with Crippen LogP contribution < -0.4 is 9.80 Å². The standard InChI is InChI=1S/C23H23FN6O2/c1-15(22-25-16(2)28-32-22)30(18-9-7-17(24)8-10-18)21-19-5-3-4-6-20(19)26-23(27-21)29-11-13-31-14-12-29/h3-10,15H,11-14H2,1-2H3. The predicted molar refractivity (Wildman–Crippen MR) is 119 cm³/mol. The second kappa shape index (κ2) is 8.51. The number of halogens is 1. The van der Waals surface area contributed by atoms with E-state index in [4.69, 9.17) is 19.2 Å². The zero-order valence-corrected chi connectivity index (χ0v) is 17.9. The van der Waals surface area contributed by atoms with Gasteiger partial charge in [0.2, 0.25) is 11.8 Å². The molecule has 1 fully saturated rings. The molecule has 0 spiro atoms. The molecule has 0 aliphatic carbocycles. The first-order valence-corrected chi connectivity index (χ1v) is 10.5. The second-order valence-electron chi connectivity index (χ2n) is 7.67. The smallest absolute Gasteiger partial charge is 0.249 e. The molecule has 0 radical (unpaired) electrons. The molecule has 5 rings (SSSR count). The third-order valence-corrected chi connectivity index (χ3v) is 5.49. The number of aryl methyl sites for hydroxylation is 1. The van der Waals surface area contributed by atoms with E-state index in [0.717, 1.165) is 16.6 Å². The highest BCUT2D eigenvalue weighted by molar-refractivity contribution is 5.92. The fourth-order valence-corrected chi connectivity index (χ4v) is 3.86. The highest BCUT2D eigenvalue weighted by Gasteiger charge is 2.28. The summed E-state index contributed by atoms with van der Waals surface area (Å²) in [4.78, 5) is 18.3. The zero-order valence-electron chi connectivity index (χ0n) is 17.9. The van der Waals surface area contributed by atoms with E-state index in [2.05, 4.69) is 15.0 Å². The second-order valence-corrected chi connectivity index (χ2v) is 7.67. The van der Waals surface area contributed by atoms with Crippen molar-refractivity contribution in [1.82, 2.24) is 20.1 Å². The lowest BCUT2D eigenvalue weighted by atomic mass is 10.1. The van der Waals surface area contributed by atoms with Gasteiger partial charge in [-0.15, -0.1) is 0 Å². The van der Waals surface area contributed by atoms with Gasteiger partial charge in [-0.05, 0) is 50.2 Å². The summed E-state index contributed by atoms with van der Waals surface area (Å²) in [5, 5.41) is 4.82. The van der Waals surface area contributed by atoms with E-state index in [0.29, 0.717) is 49.8 Å². The van der Waals surface area contributed by atoms with Gasteiger partial charge < -0.3 is 19.1 Å². The van der Waals surface area contributed by atoms with Gasteiger partial charge in [0.1, 0.15) is 17.7 Å². The van der Waals surface area contributed by atoms with Crippen molar-refractivity contribution in [2.45, 2.75) is 19.9 Å². The van der Waals surface area contributed by atoms with E-state index in [1.165, 1.54) is 12.1 Å². The number of ether oxygens (including phenoxy) is 1. The minimum absolute atomic E-state index is 0.309. The maximum absolute atomic E-state index is 13.7. The Kier molecular flexibility index (Phi) is 5.40. The normalized spacial score (nSPS) is 15.2. The number of hydrogen-bond donors (Lipinski definition) is 0. The van der Waals surface area contributed by atoms with Crippen molar-refractivity contribution in [1.29, 1.82) is 0 Å². The maximum Gasteiger partial charge on any atom is 0.249 e. The molecule has 8 nitrogen and oxygen atoms in total. The Labute approximate surface area is 184 Å². The molecule has 0 saturated carbocycles. The molecule has 0 N–H and O–H groups in total. The summed E-state index contributed by atoms with van der Waals surface area (Å²) in [6.45, 7) is 6.43. The summed E-state index contributed by atoms with van der Waals surface area (Å²) in [7, 11) is 0. The molecule has 3 heterocycles. The first kappa shape index (κ1) is 20.3. The van der Waals surface area contributed by atoms with Gasteiger partial charge in [-0.3, -0.25) is 0 Å². The number of fused-ring (bicyclic) bond motifs is 1. The Balaban J connectivity index is 1.70. The number of nitrogens with zero attached hydrogens (tertiary/aromatic N) is 6. The van der Waals surface area contributed by atoms with Crippen LogP contribution in [0.2, 0.25) is 0 Å². The topological polar surface area (TPSA) is 80.4 Å². The van der Waals surface area contributed by atoms with E-state index in [-0.39, 0.29) is 11.9 Å². The highest BCUT2D eigenvalue weighted by atomic mass is 19.1. The molecule has 2 aromatic heterocycles. The van der Waals surface area contributed by atoms with Crippen LogP contribution in [0.15, 0.2) is 53.1 Å². The Hall–Kier alpha value is -3.59. The lowest BCUT2D eigenvalue weighted by Crippen LogP contribution is -2.37. The fraction of sp³-hybridized carbons (Fsp3) is 0.304. The van der Waals surface area contributed by atoms with Crippen LogP contribution in [0.25, 0.3) is 10.9 Å². The first-order valence-electron chi connectivity index (χ1n) is 10.5. The van der Waals surface area contributed by atoms with Crippen LogP contribution in [-0.2, 0) is 4.74 Å². The summed E-state index contributed by atoms with van der Waals surface area (Å²) < 4.78 is 24.7. The fourth-order valence-electron chi connectivity index (χ4n) is 3.86. The molecular weight excluding hydrogens is 411 g/mol. The summed E-state index contributed by atoms with van der Waals surface area (Å²) in [6.07, 6.45) is 0. The van der Waals surface area contributed by atoms with Crippen LogP contribution in [0, 0.1) is 12.7 Å². The Morgan fingerprint density at radius 3 is 2.47 bits per heavy atom. The molecule has 32 heavy (non-hydrogen) atoms. The van der Waals surface area contributed by atoms with Crippen molar-refractivity contribution < 1.29 is 13.7 Å². The highest BCUT2D eigenvalue weighted by Crippen LogP contribution is 2.38. The molecule has 1 aliphatic heterocycles. The maximum atomic E-state index is 13.7. The van der Waals surface area contributed by atoms with E-state index in [1.807, 2.05) is 36.1 Å². The molecule has 1 aliphatic rings. The Morgan fingerprint density at radius 1 is 1.00 bits per heavy atom. The third kappa shape index (κ3) is 3.87. The van der Waals surface area contributed by atoms with Crippen LogP contribution in [0.3, 0.4) is 0 Å². The van der Waals surface area contributed by atoms with E-state index in [1.54, 1.807) is 19.1 Å². The number of hydrogen-bond acceptors (Lipinski definition) is 8. The number of anilines is 3. The van der Waals surface area contributed by atoms with Gasteiger partial charge in [0, 0.05) is 24.2 Å². The van der Waals surface area contributed by atoms with Gasteiger partial charge >= 0.3 is 0 Å². The Bertz CT molecular complexity index is 1220. The quantitative estimate of drug-likeness (QED) is 0.462. The van der Waals surface area contributed by atoms with Crippen LogP contribution >= 0.6 is 0 Å². The van der Waals surface area contributed by atoms with Crippen molar-refractivity contribution >= 4 is 28.4 Å². The van der Waals surface area contributed by atoms with Gasteiger partial charge in [-0.2, -0.15) is 9.97 Å². The van der Waals surface area contributed by atoms with Crippen molar-refractivity contribution in [3.05, 3.63) is 66.1 Å². The molecule has 0 bridgehead atoms. The van der Waals surface area contributed by atoms with Crippen molar-refractivity contribution in [2.75, 3.05) is 36.1 Å². The molecule has 2 aromatic carbocycles. The van der Waals surface area contributed by atoms with Crippen LogP contribution in [0.5, 0.6) is 0 Å². The molecule has 0 amide bonds. The number of rotatable bonds is 5. The molecule has 1 atom stereocenters. The minimum atomic E-state index is -0.350. The molecular formula is C23H23FN6O2. The minimum Gasteiger partial charge on any atom is -0.378 e. The van der Waals surface area contributed by atoms with Crippen molar-refractivity contribution in [2.24, 2.45) is 0 Å². The van der Waals surface area contributed by atoms with Crippen LogP contribution in [0.1, 0.15) is 24.7 Å². The third-order valence-electron chi connectivity index (χ3n) is 5.49. The predicted octanol–water partition coefficient (Wildman–Crippen LogP) is 4.20. The number of para-hydroxylation sites is 1. The Morgan fingerprint density at radius 2 is 1.75 bits per heavy atom. The largest absolute Gasteiger partial charge is 0.378 e. The number of aromatic nitrogens is 4. The van der Waals surface area contributed by atoms with Gasteiger partial charge in [0.15, 0.2) is 5.82 Å². The van der Waals surface area contributed by atoms with Crippen LogP contribution in [-0.4, -0.2) is 46.4 Å². The lowest BCUT2D eigenvalue weighted by molar-refractivity contribution is 0.122. The molecule has 164 valence electrons. The lowest BCUT2D eigenvalue weighted by Gasteiger charge is -2.31. The SMILES string of the molecule is Cc1noc(C(C)N(c2ccc(F)cc2)c2nc(N3CCOCC3)nc3ccccc23)n1. The summed E-state index contributed by atoms with van der Waals surface area (Å²) in [5.41, 5.74) is 1.58.